The van der Waals surface area contributed by atoms with Crippen LogP contribution in [0.25, 0.3) is 0 Å². The molecular formula is C21H21F2N3O2. The van der Waals surface area contributed by atoms with Crippen LogP contribution in [-0.4, -0.2) is 29.8 Å². The lowest BCUT2D eigenvalue weighted by atomic mass is 10.0. The van der Waals surface area contributed by atoms with Gasteiger partial charge in [-0.05, 0) is 43.7 Å². The first-order chi connectivity index (χ1) is 13.4. The molecule has 0 aliphatic carbocycles. The van der Waals surface area contributed by atoms with Gasteiger partial charge in [-0.1, -0.05) is 12.1 Å². The largest absolute Gasteiger partial charge is 0.351 e. The summed E-state index contributed by atoms with van der Waals surface area (Å²) in [5.74, 6) is -2.58. The second kappa shape index (κ2) is 9.60. The van der Waals surface area contributed by atoms with Crippen LogP contribution in [0, 0.1) is 23.0 Å². The second-order valence-corrected chi connectivity index (χ2v) is 6.22. The molecule has 0 heterocycles. The molecule has 0 radical (unpaired) electrons. The van der Waals surface area contributed by atoms with Crippen LogP contribution in [0.1, 0.15) is 47.8 Å². The van der Waals surface area contributed by atoms with Crippen LogP contribution in [0.4, 0.5) is 8.78 Å². The third-order valence-corrected chi connectivity index (χ3v) is 4.45. The highest BCUT2D eigenvalue weighted by Gasteiger charge is 2.20. The van der Waals surface area contributed by atoms with E-state index in [0.29, 0.717) is 18.2 Å². The van der Waals surface area contributed by atoms with E-state index in [4.69, 9.17) is 5.26 Å². The van der Waals surface area contributed by atoms with Crippen LogP contribution in [0.15, 0.2) is 42.5 Å². The Morgan fingerprint density at radius 1 is 1.18 bits per heavy atom. The normalized spacial score (nSPS) is 11.4. The Hall–Kier alpha value is -3.27. The zero-order valence-electron chi connectivity index (χ0n) is 15.7. The molecule has 146 valence electrons. The van der Waals surface area contributed by atoms with Crippen molar-refractivity contribution in [2.75, 3.05) is 13.1 Å². The second-order valence-electron chi connectivity index (χ2n) is 6.22. The maximum Gasteiger partial charge on any atom is 0.254 e. The third-order valence-electron chi connectivity index (χ3n) is 4.45. The average Bonchev–Trinajstić information content (AvgIpc) is 2.68. The van der Waals surface area contributed by atoms with Crippen molar-refractivity contribution < 1.29 is 18.4 Å². The van der Waals surface area contributed by atoms with E-state index in [0.717, 1.165) is 17.7 Å². The highest BCUT2D eigenvalue weighted by Crippen LogP contribution is 2.21. The standard InChI is InChI=1S/C21H21F2N3O2/c1-3-26(14(2)16-6-4-15(13-24)5-7-16)20(27)10-11-25-21(28)18-9-8-17(22)12-19(18)23/h4-9,12,14H,3,10-11H2,1-2H3,(H,25,28). The fraction of sp³-hybridized carbons (Fsp3) is 0.286. The number of carbonyl (C=O) groups excluding carboxylic acids is 2. The highest BCUT2D eigenvalue weighted by molar-refractivity contribution is 5.94. The highest BCUT2D eigenvalue weighted by atomic mass is 19.1. The van der Waals surface area contributed by atoms with E-state index >= 15 is 0 Å². The first-order valence-corrected chi connectivity index (χ1v) is 8.90. The third kappa shape index (κ3) is 5.13. The number of nitrogens with one attached hydrogen (secondary N) is 1. The molecule has 0 saturated heterocycles. The van der Waals surface area contributed by atoms with Gasteiger partial charge < -0.3 is 10.2 Å². The van der Waals surface area contributed by atoms with Crippen molar-refractivity contribution >= 4 is 11.8 Å². The van der Waals surface area contributed by atoms with Gasteiger partial charge in [0, 0.05) is 25.6 Å². The zero-order valence-corrected chi connectivity index (χ0v) is 15.7. The first-order valence-electron chi connectivity index (χ1n) is 8.90. The van der Waals surface area contributed by atoms with Crippen LogP contribution < -0.4 is 5.32 Å². The fourth-order valence-corrected chi connectivity index (χ4v) is 2.88. The monoisotopic (exact) mass is 385 g/mol. The number of benzene rings is 2. The molecule has 5 nitrogen and oxygen atoms in total. The lowest BCUT2D eigenvalue weighted by Gasteiger charge is -2.28. The molecule has 0 saturated carbocycles. The molecule has 2 amide bonds. The maximum absolute atomic E-state index is 13.6. The molecule has 0 aromatic heterocycles. The number of nitrogens with zero attached hydrogens (tertiary/aromatic N) is 2. The fourth-order valence-electron chi connectivity index (χ4n) is 2.88. The summed E-state index contributed by atoms with van der Waals surface area (Å²) < 4.78 is 26.5. The quantitative estimate of drug-likeness (QED) is 0.792. The van der Waals surface area contributed by atoms with Crippen LogP contribution in [-0.2, 0) is 4.79 Å². The molecule has 2 aromatic rings. The predicted octanol–water partition coefficient (Wildman–Crippen LogP) is 3.57. The van der Waals surface area contributed by atoms with E-state index in [1.807, 2.05) is 19.9 Å². The average molecular weight is 385 g/mol. The number of rotatable bonds is 7. The minimum atomic E-state index is -0.951. The molecular weight excluding hydrogens is 364 g/mol. The molecule has 1 unspecified atom stereocenters. The maximum atomic E-state index is 13.6. The minimum Gasteiger partial charge on any atom is -0.351 e. The van der Waals surface area contributed by atoms with Gasteiger partial charge in [0.05, 0.1) is 23.2 Å². The lowest BCUT2D eigenvalue weighted by molar-refractivity contribution is -0.133. The molecule has 0 fully saturated rings. The molecule has 7 heteroatoms. The number of amides is 2. The van der Waals surface area contributed by atoms with Crippen LogP contribution >= 0.6 is 0 Å². The molecule has 1 N–H and O–H groups in total. The number of hydrogen-bond donors (Lipinski definition) is 1. The van der Waals surface area contributed by atoms with Crippen LogP contribution in [0.2, 0.25) is 0 Å². The smallest absolute Gasteiger partial charge is 0.254 e. The first kappa shape index (κ1) is 21.0. The molecule has 0 spiro atoms. The molecule has 2 rings (SSSR count). The Kier molecular flexibility index (Phi) is 7.21. The van der Waals surface area contributed by atoms with Crippen molar-refractivity contribution in [2.45, 2.75) is 26.3 Å². The Morgan fingerprint density at radius 3 is 2.43 bits per heavy atom. The van der Waals surface area contributed by atoms with E-state index in [1.165, 1.54) is 0 Å². The molecule has 28 heavy (non-hydrogen) atoms. The molecule has 1 atom stereocenters. The number of halogens is 2. The van der Waals surface area contributed by atoms with Crippen molar-refractivity contribution in [3.63, 3.8) is 0 Å². The van der Waals surface area contributed by atoms with E-state index in [2.05, 4.69) is 5.32 Å². The summed E-state index contributed by atoms with van der Waals surface area (Å²) >= 11 is 0. The van der Waals surface area contributed by atoms with E-state index in [9.17, 15) is 18.4 Å². The van der Waals surface area contributed by atoms with Crippen LogP contribution in [0.5, 0.6) is 0 Å². The van der Waals surface area contributed by atoms with Gasteiger partial charge in [0.1, 0.15) is 11.6 Å². The van der Waals surface area contributed by atoms with Crippen molar-refractivity contribution in [2.24, 2.45) is 0 Å². The minimum absolute atomic E-state index is 0.0328. The summed E-state index contributed by atoms with van der Waals surface area (Å²) in [5.41, 5.74) is 1.17. The summed E-state index contributed by atoms with van der Waals surface area (Å²) in [4.78, 5) is 26.2. The summed E-state index contributed by atoms with van der Waals surface area (Å²) in [7, 11) is 0. The van der Waals surface area contributed by atoms with Crippen molar-refractivity contribution in [3.05, 3.63) is 70.8 Å². The molecule has 0 bridgehead atoms. The van der Waals surface area contributed by atoms with Crippen LogP contribution in [0.3, 0.4) is 0 Å². The number of hydrogen-bond acceptors (Lipinski definition) is 3. The summed E-state index contributed by atoms with van der Waals surface area (Å²) in [5, 5.41) is 11.4. The van der Waals surface area contributed by atoms with E-state index in [-0.39, 0.29) is 30.5 Å². The Morgan fingerprint density at radius 2 is 1.86 bits per heavy atom. The predicted molar refractivity (Wildman–Crippen MR) is 100 cm³/mol. The Labute approximate surface area is 162 Å². The molecule has 2 aromatic carbocycles. The van der Waals surface area contributed by atoms with Gasteiger partial charge in [-0.2, -0.15) is 5.26 Å². The zero-order chi connectivity index (χ0) is 20.7. The number of carbonyl (C=O) groups is 2. The van der Waals surface area contributed by atoms with Gasteiger partial charge in [-0.3, -0.25) is 9.59 Å². The van der Waals surface area contributed by atoms with Crippen molar-refractivity contribution in [3.8, 4) is 6.07 Å². The topological polar surface area (TPSA) is 73.2 Å². The Balaban J connectivity index is 1.94. The van der Waals surface area contributed by atoms with Gasteiger partial charge >= 0.3 is 0 Å². The molecule has 0 aliphatic heterocycles. The van der Waals surface area contributed by atoms with Crippen molar-refractivity contribution in [1.82, 2.24) is 10.2 Å². The van der Waals surface area contributed by atoms with E-state index in [1.54, 1.807) is 29.2 Å². The lowest BCUT2D eigenvalue weighted by Crippen LogP contribution is -2.36. The SMILES string of the molecule is CCN(C(=O)CCNC(=O)c1ccc(F)cc1F)C(C)c1ccc(C#N)cc1. The van der Waals surface area contributed by atoms with E-state index < -0.39 is 17.5 Å². The molecule has 0 aliphatic rings. The van der Waals surface area contributed by atoms with Gasteiger partial charge in [-0.15, -0.1) is 0 Å². The van der Waals surface area contributed by atoms with Gasteiger partial charge in [0.2, 0.25) is 5.91 Å². The van der Waals surface area contributed by atoms with Gasteiger partial charge in [0.15, 0.2) is 0 Å². The van der Waals surface area contributed by atoms with Gasteiger partial charge in [0.25, 0.3) is 5.91 Å². The van der Waals surface area contributed by atoms with Crippen molar-refractivity contribution in [1.29, 1.82) is 5.26 Å². The summed E-state index contributed by atoms with van der Waals surface area (Å²) in [6.45, 7) is 4.24. The van der Waals surface area contributed by atoms with Gasteiger partial charge in [-0.25, -0.2) is 8.78 Å². The Bertz CT molecular complexity index is 892. The summed E-state index contributed by atoms with van der Waals surface area (Å²) in [6, 6.07) is 11.6. The number of nitriles is 1. The summed E-state index contributed by atoms with van der Waals surface area (Å²) in [6.07, 6.45) is 0.0447.